The van der Waals surface area contributed by atoms with E-state index < -0.39 is 10.0 Å². The van der Waals surface area contributed by atoms with Gasteiger partial charge in [0, 0.05) is 40.7 Å². The van der Waals surface area contributed by atoms with Crippen LogP contribution in [0.15, 0.2) is 33.6 Å². The second-order valence-electron chi connectivity index (χ2n) is 5.62. The van der Waals surface area contributed by atoms with Crippen LogP contribution >= 0.6 is 27.7 Å². The Morgan fingerprint density at radius 3 is 2.74 bits per heavy atom. The lowest BCUT2D eigenvalue weighted by atomic mass is 10.1. The summed E-state index contributed by atoms with van der Waals surface area (Å²) >= 11 is 5.05. The van der Waals surface area contributed by atoms with Crippen LogP contribution in [-0.2, 0) is 14.8 Å². The fourth-order valence-corrected chi connectivity index (χ4v) is 4.45. The van der Waals surface area contributed by atoms with Gasteiger partial charge in [-0.05, 0) is 37.1 Å². The maximum atomic E-state index is 12.3. The summed E-state index contributed by atoms with van der Waals surface area (Å²) in [6.45, 7) is 1.18. The van der Waals surface area contributed by atoms with Crippen molar-refractivity contribution in [3.05, 3.63) is 28.7 Å². The van der Waals surface area contributed by atoms with E-state index in [1.807, 2.05) is 24.3 Å². The molecule has 1 aromatic carbocycles. The number of halogens is 1. The maximum absolute atomic E-state index is 12.3. The lowest BCUT2D eigenvalue weighted by Crippen LogP contribution is -2.49. The predicted molar refractivity (Wildman–Crippen MR) is 97.1 cm³/mol. The van der Waals surface area contributed by atoms with Crippen LogP contribution in [0.4, 0.5) is 0 Å². The first-order valence-corrected chi connectivity index (χ1v) is 11.1. The second-order valence-corrected chi connectivity index (χ2v) is 9.49. The van der Waals surface area contributed by atoms with Gasteiger partial charge in [0.1, 0.15) is 0 Å². The molecule has 8 heteroatoms. The third kappa shape index (κ3) is 6.82. The standard InChI is InChI=1S/C15H21BrN2O3S2/c1-23(20,21)17-13-3-2-9-18(11-13)15(19)8-10-22-14-6-4-12(16)5-7-14/h4-7,13,17H,2-3,8-11H2,1H3. The van der Waals surface area contributed by atoms with Crippen LogP contribution in [0.25, 0.3) is 0 Å². The number of benzene rings is 1. The quantitative estimate of drug-likeness (QED) is 0.717. The number of hydrogen-bond donors (Lipinski definition) is 1. The Kier molecular flexibility index (Phi) is 6.94. The summed E-state index contributed by atoms with van der Waals surface area (Å²) in [4.78, 5) is 15.2. The van der Waals surface area contributed by atoms with Crippen molar-refractivity contribution in [2.75, 3.05) is 25.1 Å². The fourth-order valence-electron chi connectivity index (χ4n) is 2.55. The van der Waals surface area contributed by atoms with Gasteiger partial charge in [0.15, 0.2) is 0 Å². The zero-order valence-electron chi connectivity index (χ0n) is 13.0. The highest BCUT2D eigenvalue weighted by atomic mass is 79.9. The Hall–Kier alpha value is -0.570. The molecule has 5 nitrogen and oxygen atoms in total. The smallest absolute Gasteiger partial charge is 0.223 e. The van der Waals surface area contributed by atoms with Crippen molar-refractivity contribution in [3.8, 4) is 0 Å². The van der Waals surface area contributed by atoms with Crippen LogP contribution in [-0.4, -0.2) is 50.4 Å². The van der Waals surface area contributed by atoms with Crippen LogP contribution in [0.2, 0.25) is 0 Å². The summed E-state index contributed by atoms with van der Waals surface area (Å²) in [6.07, 6.45) is 3.23. The molecule has 1 unspecified atom stereocenters. The zero-order valence-corrected chi connectivity index (χ0v) is 16.2. The monoisotopic (exact) mass is 420 g/mol. The molecule has 0 aliphatic carbocycles. The van der Waals surface area contributed by atoms with Gasteiger partial charge in [0.25, 0.3) is 0 Å². The molecule has 0 bridgehead atoms. The minimum atomic E-state index is -3.23. The Labute approximate surface area is 150 Å². The van der Waals surface area contributed by atoms with Crippen LogP contribution in [0.5, 0.6) is 0 Å². The predicted octanol–water partition coefficient (Wildman–Crippen LogP) is 2.47. The third-order valence-corrected chi connectivity index (χ3v) is 5.86. The number of nitrogens with one attached hydrogen (secondary N) is 1. The summed E-state index contributed by atoms with van der Waals surface area (Å²) in [5.41, 5.74) is 0. The van der Waals surface area contributed by atoms with E-state index in [1.165, 1.54) is 0 Å². The Bertz CT molecular complexity index is 635. The Morgan fingerprint density at radius 2 is 2.09 bits per heavy atom. The van der Waals surface area contributed by atoms with Gasteiger partial charge in [0.05, 0.1) is 6.26 Å². The van der Waals surface area contributed by atoms with E-state index in [9.17, 15) is 13.2 Å². The molecule has 1 amide bonds. The normalized spacial score (nSPS) is 18.9. The molecule has 0 aromatic heterocycles. The summed E-state index contributed by atoms with van der Waals surface area (Å²) in [7, 11) is -3.23. The van der Waals surface area contributed by atoms with Gasteiger partial charge >= 0.3 is 0 Å². The number of amides is 1. The van der Waals surface area contributed by atoms with Gasteiger partial charge in [0.2, 0.25) is 15.9 Å². The van der Waals surface area contributed by atoms with E-state index >= 15 is 0 Å². The highest BCUT2D eigenvalue weighted by Gasteiger charge is 2.25. The van der Waals surface area contributed by atoms with Crippen LogP contribution in [0.3, 0.4) is 0 Å². The van der Waals surface area contributed by atoms with Crippen molar-refractivity contribution in [1.29, 1.82) is 0 Å². The number of hydrogen-bond acceptors (Lipinski definition) is 4. The summed E-state index contributed by atoms with van der Waals surface area (Å²) in [5, 5.41) is 0. The minimum Gasteiger partial charge on any atom is -0.341 e. The van der Waals surface area contributed by atoms with E-state index in [-0.39, 0.29) is 11.9 Å². The molecule has 128 valence electrons. The summed E-state index contributed by atoms with van der Waals surface area (Å²) in [5.74, 6) is 0.816. The van der Waals surface area contributed by atoms with Crippen LogP contribution < -0.4 is 4.72 Å². The van der Waals surface area contributed by atoms with Crippen molar-refractivity contribution < 1.29 is 13.2 Å². The molecule has 1 saturated heterocycles. The van der Waals surface area contributed by atoms with E-state index in [0.29, 0.717) is 19.5 Å². The molecule has 1 atom stereocenters. The highest BCUT2D eigenvalue weighted by molar-refractivity contribution is 9.10. The van der Waals surface area contributed by atoms with E-state index in [1.54, 1.807) is 16.7 Å². The molecule has 1 fully saturated rings. The van der Waals surface area contributed by atoms with Crippen molar-refractivity contribution >= 4 is 43.6 Å². The van der Waals surface area contributed by atoms with Gasteiger partial charge in [-0.1, -0.05) is 15.9 Å². The van der Waals surface area contributed by atoms with Crippen molar-refractivity contribution in [3.63, 3.8) is 0 Å². The number of carbonyl (C=O) groups excluding carboxylic acids is 1. The molecule has 0 spiro atoms. The molecule has 2 rings (SSSR count). The van der Waals surface area contributed by atoms with Gasteiger partial charge in [-0.3, -0.25) is 4.79 Å². The Balaban J connectivity index is 1.77. The van der Waals surface area contributed by atoms with Gasteiger partial charge < -0.3 is 4.90 Å². The number of piperidine rings is 1. The van der Waals surface area contributed by atoms with Gasteiger partial charge in [-0.15, -0.1) is 11.8 Å². The van der Waals surface area contributed by atoms with Crippen molar-refractivity contribution in [1.82, 2.24) is 9.62 Å². The molecule has 0 radical (unpaired) electrons. The van der Waals surface area contributed by atoms with E-state index in [4.69, 9.17) is 0 Å². The van der Waals surface area contributed by atoms with Gasteiger partial charge in [-0.25, -0.2) is 13.1 Å². The number of nitrogens with zero attached hydrogens (tertiary/aromatic N) is 1. The molecule has 0 saturated carbocycles. The maximum Gasteiger partial charge on any atom is 0.223 e. The lowest BCUT2D eigenvalue weighted by molar-refractivity contribution is -0.132. The van der Waals surface area contributed by atoms with Gasteiger partial charge in [-0.2, -0.15) is 0 Å². The first kappa shape index (κ1) is 18.8. The number of thioether (sulfide) groups is 1. The fraction of sp³-hybridized carbons (Fsp3) is 0.533. The summed E-state index contributed by atoms with van der Waals surface area (Å²) < 4.78 is 26.3. The Morgan fingerprint density at radius 1 is 1.39 bits per heavy atom. The lowest BCUT2D eigenvalue weighted by Gasteiger charge is -2.32. The number of rotatable bonds is 6. The molecule has 1 aliphatic rings. The van der Waals surface area contributed by atoms with Crippen LogP contribution in [0.1, 0.15) is 19.3 Å². The molecular weight excluding hydrogens is 400 g/mol. The third-order valence-electron chi connectivity index (χ3n) is 3.55. The number of likely N-dealkylation sites (tertiary alicyclic amines) is 1. The molecule has 1 heterocycles. The largest absolute Gasteiger partial charge is 0.341 e. The van der Waals surface area contributed by atoms with E-state index in [0.717, 1.165) is 34.2 Å². The van der Waals surface area contributed by atoms with Crippen LogP contribution in [0, 0.1) is 0 Å². The number of sulfonamides is 1. The second kappa shape index (κ2) is 8.50. The average molecular weight is 421 g/mol. The SMILES string of the molecule is CS(=O)(=O)NC1CCCN(C(=O)CCSc2ccc(Br)cc2)C1. The number of carbonyl (C=O) groups is 1. The molecule has 23 heavy (non-hydrogen) atoms. The van der Waals surface area contributed by atoms with Crippen molar-refractivity contribution in [2.45, 2.75) is 30.2 Å². The first-order chi connectivity index (χ1) is 10.8. The zero-order chi connectivity index (χ0) is 16.9. The highest BCUT2D eigenvalue weighted by Crippen LogP contribution is 2.22. The topological polar surface area (TPSA) is 66.5 Å². The molecule has 1 aromatic rings. The molecule has 1 N–H and O–H groups in total. The average Bonchev–Trinajstić information content (AvgIpc) is 2.48. The molecule has 1 aliphatic heterocycles. The minimum absolute atomic E-state index is 0.0922. The first-order valence-electron chi connectivity index (χ1n) is 7.47. The van der Waals surface area contributed by atoms with Crippen molar-refractivity contribution in [2.24, 2.45) is 0 Å². The summed E-state index contributed by atoms with van der Waals surface area (Å²) in [6, 6.07) is 7.84. The molecular formula is C15H21BrN2O3S2. The van der Waals surface area contributed by atoms with E-state index in [2.05, 4.69) is 20.7 Å².